The van der Waals surface area contributed by atoms with Gasteiger partial charge in [0.05, 0.1) is 0 Å². The van der Waals surface area contributed by atoms with Crippen LogP contribution in [0.4, 0.5) is 0 Å². The molecule has 0 aromatic carbocycles. The van der Waals surface area contributed by atoms with E-state index in [-0.39, 0.29) is 5.04 Å². The first-order valence-corrected chi connectivity index (χ1v) is 12.0. The molecular weight excluding hydrogens is 242 g/mol. The molecule has 2 nitrogen and oxygen atoms in total. The summed E-state index contributed by atoms with van der Waals surface area (Å²) < 4.78 is 9.13. The molecule has 1 atom stereocenters. The molecule has 0 saturated heterocycles. The maximum absolute atomic E-state index is 6.67. The summed E-state index contributed by atoms with van der Waals surface area (Å²) in [5.41, 5.74) is 2.08. The zero-order valence-corrected chi connectivity index (χ0v) is 15.1. The third kappa shape index (κ3) is 4.05. The van der Waals surface area contributed by atoms with Gasteiger partial charge in [0.25, 0.3) is 8.48 Å². The van der Waals surface area contributed by atoms with Crippen LogP contribution >= 0.6 is 0 Å². The van der Waals surface area contributed by atoms with E-state index >= 15 is 0 Å². The van der Waals surface area contributed by atoms with Gasteiger partial charge in [0.15, 0.2) is 8.32 Å². The lowest BCUT2D eigenvalue weighted by molar-refractivity contribution is 0.365. The second kappa shape index (κ2) is 5.82. The van der Waals surface area contributed by atoms with E-state index < -0.39 is 16.8 Å². The molecule has 0 amide bonds. The van der Waals surface area contributed by atoms with Crippen molar-refractivity contribution in [3.05, 3.63) is 12.3 Å². The van der Waals surface area contributed by atoms with Crippen molar-refractivity contribution in [2.24, 2.45) is 0 Å². The van der Waals surface area contributed by atoms with Crippen molar-refractivity contribution >= 4 is 16.8 Å². The van der Waals surface area contributed by atoms with Crippen LogP contribution in [0.5, 0.6) is 0 Å². The van der Waals surface area contributed by atoms with Crippen LogP contribution in [0.2, 0.25) is 24.7 Å². The highest BCUT2D eigenvalue weighted by molar-refractivity contribution is 6.87. The summed E-state index contributed by atoms with van der Waals surface area (Å²) in [7, 11) is -3.65. The lowest BCUT2D eigenvalue weighted by Gasteiger charge is -2.46. The fourth-order valence-electron chi connectivity index (χ4n) is 1.76. The Bertz CT molecular complexity index is 257. The minimum absolute atomic E-state index is 0.261. The van der Waals surface area contributed by atoms with Crippen molar-refractivity contribution in [1.82, 2.24) is 4.57 Å². The Labute approximate surface area is 110 Å². The lowest BCUT2D eigenvalue weighted by atomic mass is 10.2. The summed E-state index contributed by atoms with van der Waals surface area (Å²) in [6, 6.07) is 0. The van der Waals surface area contributed by atoms with Crippen LogP contribution in [0.25, 0.3) is 0 Å². The maximum Gasteiger partial charge on any atom is 0.283 e. The van der Waals surface area contributed by atoms with Crippen LogP contribution in [0, 0.1) is 0 Å². The zero-order valence-electron chi connectivity index (χ0n) is 13.1. The molecule has 0 heterocycles. The minimum atomic E-state index is -1.94. The van der Waals surface area contributed by atoms with Crippen LogP contribution in [0.15, 0.2) is 12.3 Å². The molecule has 0 aromatic rings. The molecule has 0 saturated carbocycles. The summed E-state index contributed by atoms with van der Waals surface area (Å²) in [5, 5.41) is 0.261. The fourth-order valence-corrected chi connectivity index (χ4v) is 9.48. The fraction of sp³-hybridized carbons (Fsp3) is 0.846. The molecule has 0 spiro atoms. The van der Waals surface area contributed by atoms with Gasteiger partial charge < -0.3 is 8.68 Å². The lowest BCUT2D eigenvalue weighted by Crippen LogP contribution is -2.59. The minimum Gasteiger partial charge on any atom is -0.441 e. The third-order valence-corrected chi connectivity index (χ3v) is 14.0. The number of rotatable bonds is 6. The van der Waals surface area contributed by atoms with E-state index in [9.17, 15) is 0 Å². The van der Waals surface area contributed by atoms with Gasteiger partial charge in [-0.3, -0.25) is 0 Å². The Morgan fingerprint density at radius 1 is 1.12 bits per heavy atom. The van der Waals surface area contributed by atoms with Crippen molar-refractivity contribution in [3.8, 4) is 0 Å². The van der Waals surface area contributed by atoms with E-state index in [1.165, 1.54) is 0 Å². The number of nitrogens with zero attached hydrogens (tertiary/aromatic N) is 1. The Morgan fingerprint density at radius 2 is 1.53 bits per heavy atom. The Morgan fingerprint density at radius 3 is 1.76 bits per heavy atom. The Hall–Kier alpha value is 0.0938. The van der Waals surface area contributed by atoms with Crippen LogP contribution < -0.4 is 0 Å². The van der Waals surface area contributed by atoms with Crippen molar-refractivity contribution in [1.29, 1.82) is 0 Å². The maximum atomic E-state index is 6.67. The van der Waals surface area contributed by atoms with E-state index in [0.29, 0.717) is 0 Å². The van der Waals surface area contributed by atoms with Crippen molar-refractivity contribution in [2.45, 2.75) is 59.3 Å². The molecule has 0 fully saturated rings. The summed E-state index contributed by atoms with van der Waals surface area (Å²) in [4.78, 5) is 0. The quantitative estimate of drug-likeness (QED) is 0.674. The van der Waals surface area contributed by atoms with E-state index in [1.807, 2.05) is 0 Å². The smallest absolute Gasteiger partial charge is 0.283 e. The predicted molar refractivity (Wildman–Crippen MR) is 83.0 cm³/mol. The van der Waals surface area contributed by atoms with Crippen LogP contribution in [-0.2, 0) is 4.12 Å². The van der Waals surface area contributed by atoms with Gasteiger partial charge in [0, 0.05) is 0 Å². The van der Waals surface area contributed by atoms with Gasteiger partial charge in [-0.25, -0.2) is 0 Å². The molecular formula is C13H31NOSi2. The van der Waals surface area contributed by atoms with Crippen LogP contribution in [0.1, 0.15) is 34.6 Å². The molecule has 1 unspecified atom stereocenters. The molecule has 0 N–H and O–H groups in total. The summed E-state index contributed by atoms with van der Waals surface area (Å²) in [6.07, 6.45) is 0. The third-order valence-electron chi connectivity index (χ3n) is 4.04. The molecule has 17 heavy (non-hydrogen) atoms. The zero-order chi connectivity index (χ0) is 13.9. The Kier molecular flexibility index (Phi) is 5.85. The number of hydrogen-bond donors (Lipinski definition) is 0. The van der Waals surface area contributed by atoms with Gasteiger partial charge in [-0.2, -0.15) is 0 Å². The summed E-state index contributed by atoms with van der Waals surface area (Å²) in [5.74, 6) is 0. The molecule has 0 bridgehead atoms. The average molecular weight is 274 g/mol. The van der Waals surface area contributed by atoms with E-state index in [4.69, 9.17) is 4.12 Å². The van der Waals surface area contributed by atoms with Gasteiger partial charge in [-0.15, -0.1) is 6.58 Å². The molecule has 102 valence electrons. The highest BCUT2D eigenvalue weighted by Gasteiger charge is 2.44. The van der Waals surface area contributed by atoms with Gasteiger partial charge in [0.1, 0.15) is 0 Å². The molecule has 0 radical (unpaired) electrons. The highest BCUT2D eigenvalue weighted by Crippen LogP contribution is 2.39. The van der Waals surface area contributed by atoms with Crippen molar-refractivity contribution in [2.75, 3.05) is 13.1 Å². The second-order valence-electron chi connectivity index (χ2n) is 6.29. The van der Waals surface area contributed by atoms with Crippen LogP contribution in [0.3, 0.4) is 0 Å². The van der Waals surface area contributed by atoms with Gasteiger partial charge in [-0.05, 0) is 37.8 Å². The van der Waals surface area contributed by atoms with E-state index in [2.05, 4.69) is 71.1 Å². The molecule has 0 aliphatic rings. The van der Waals surface area contributed by atoms with Crippen LogP contribution in [-0.4, -0.2) is 34.5 Å². The predicted octanol–water partition coefficient (Wildman–Crippen LogP) is 4.15. The molecule has 0 aliphatic heterocycles. The summed E-state index contributed by atoms with van der Waals surface area (Å²) >= 11 is 0. The SMILES string of the molecule is C=C[Si](C)(O[Si](C)(C)C(C)(C)C)N(CC)CC. The molecule has 0 aliphatic carbocycles. The monoisotopic (exact) mass is 273 g/mol. The summed E-state index contributed by atoms with van der Waals surface area (Å²) in [6.45, 7) is 24.3. The number of hydrogen-bond acceptors (Lipinski definition) is 2. The van der Waals surface area contributed by atoms with Crippen molar-refractivity contribution < 1.29 is 4.12 Å². The first kappa shape index (κ1) is 17.1. The average Bonchev–Trinajstić information content (AvgIpc) is 2.17. The van der Waals surface area contributed by atoms with Gasteiger partial charge >= 0.3 is 0 Å². The normalized spacial score (nSPS) is 17.0. The molecule has 0 rings (SSSR count). The first-order chi connectivity index (χ1) is 7.54. The first-order valence-electron chi connectivity index (χ1n) is 6.63. The van der Waals surface area contributed by atoms with Crippen molar-refractivity contribution in [3.63, 3.8) is 0 Å². The Balaban J connectivity index is 5.10. The topological polar surface area (TPSA) is 12.5 Å². The molecule has 4 heteroatoms. The standard InChI is InChI=1S/C13H31NOSi2/c1-10-14(11-2)17(9,12-3)15-16(7,8)13(4,5)6/h12H,3,10-11H2,1-2,4-9H3. The van der Waals surface area contributed by atoms with E-state index in [0.717, 1.165) is 13.1 Å². The largest absolute Gasteiger partial charge is 0.441 e. The second-order valence-corrected chi connectivity index (χ2v) is 14.8. The van der Waals surface area contributed by atoms with Gasteiger partial charge in [-0.1, -0.05) is 40.3 Å². The highest BCUT2D eigenvalue weighted by atomic mass is 28.4. The van der Waals surface area contributed by atoms with E-state index in [1.54, 1.807) is 0 Å². The molecule has 0 aromatic heterocycles. The van der Waals surface area contributed by atoms with Gasteiger partial charge in [0.2, 0.25) is 0 Å².